The Hall–Kier alpha value is -0.880. The Kier molecular flexibility index (Phi) is 6.03. The SMILES string of the molecule is C=C(Cl)CS(=O)(=O)N1CCC(OCc2ccccc2C)CC1. The summed E-state index contributed by atoms with van der Waals surface area (Å²) in [4.78, 5) is 0. The smallest absolute Gasteiger partial charge is 0.219 e. The van der Waals surface area contributed by atoms with E-state index in [0.717, 1.165) is 0 Å². The predicted molar refractivity (Wildman–Crippen MR) is 89.3 cm³/mol. The molecule has 122 valence electrons. The molecule has 1 aliphatic rings. The summed E-state index contributed by atoms with van der Waals surface area (Å²) in [6.45, 7) is 7.04. The molecule has 2 rings (SSSR count). The van der Waals surface area contributed by atoms with E-state index in [-0.39, 0.29) is 16.9 Å². The number of benzene rings is 1. The zero-order valence-electron chi connectivity index (χ0n) is 12.8. The molecule has 0 N–H and O–H groups in total. The van der Waals surface area contributed by atoms with Crippen molar-refractivity contribution < 1.29 is 13.2 Å². The number of halogens is 1. The molecule has 0 bridgehead atoms. The fourth-order valence-electron chi connectivity index (χ4n) is 2.55. The van der Waals surface area contributed by atoms with Crippen molar-refractivity contribution in [3.63, 3.8) is 0 Å². The van der Waals surface area contributed by atoms with Crippen molar-refractivity contribution in [1.82, 2.24) is 4.31 Å². The summed E-state index contributed by atoms with van der Waals surface area (Å²) in [6, 6.07) is 8.13. The summed E-state index contributed by atoms with van der Waals surface area (Å²) < 4.78 is 31.5. The second-order valence-corrected chi connectivity index (χ2v) is 8.11. The van der Waals surface area contributed by atoms with Crippen molar-refractivity contribution >= 4 is 21.6 Å². The van der Waals surface area contributed by atoms with Gasteiger partial charge in [0.25, 0.3) is 0 Å². The minimum absolute atomic E-state index is 0.102. The molecule has 0 radical (unpaired) electrons. The highest BCUT2D eigenvalue weighted by Crippen LogP contribution is 2.20. The van der Waals surface area contributed by atoms with Crippen LogP contribution in [0.15, 0.2) is 35.9 Å². The number of sulfonamides is 1. The van der Waals surface area contributed by atoms with Gasteiger partial charge in [0, 0.05) is 18.1 Å². The second-order valence-electron chi connectivity index (χ2n) is 5.61. The molecule has 1 heterocycles. The number of piperidine rings is 1. The zero-order valence-corrected chi connectivity index (χ0v) is 14.4. The summed E-state index contributed by atoms with van der Waals surface area (Å²) in [7, 11) is -3.33. The Labute approximate surface area is 137 Å². The number of rotatable bonds is 6. The molecule has 0 saturated carbocycles. The van der Waals surface area contributed by atoms with Crippen molar-refractivity contribution in [3.05, 3.63) is 47.0 Å². The molecule has 1 aromatic rings. The molecule has 1 aromatic carbocycles. The van der Waals surface area contributed by atoms with E-state index in [1.807, 2.05) is 12.1 Å². The number of hydrogen-bond donors (Lipinski definition) is 0. The Bertz CT molecular complexity index is 622. The topological polar surface area (TPSA) is 46.6 Å². The first kappa shape index (κ1) is 17.5. The number of nitrogens with zero attached hydrogens (tertiary/aromatic N) is 1. The average molecular weight is 344 g/mol. The third-order valence-electron chi connectivity index (χ3n) is 3.87. The molecule has 1 aliphatic heterocycles. The first-order valence-corrected chi connectivity index (χ1v) is 9.34. The van der Waals surface area contributed by atoms with Gasteiger partial charge < -0.3 is 4.74 Å². The summed E-state index contributed by atoms with van der Waals surface area (Å²) in [5, 5.41) is 0.151. The van der Waals surface area contributed by atoms with Crippen LogP contribution >= 0.6 is 11.6 Å². The van der Waals surface area contributed by atoms with Crippen LogP contribution in [0.25, 0.3) is 0 Å². The minimum Gasteiger partial charge on any atom is -0.373 e. The lowest BCUT2D eigenvalue weighted by Crippen LogP contribution is -2.41. The van der Waals surface area contributed by atoms with E-state index in [2.05, 4.69) is 25.6 Å². The Morgan fingerprint density at radius 2 is 2.00 bits per heavy atom. The number of aryl methyl sites for hydroxylation is 1. The van der Waals surface area contributed by atoms with Gasteiger partial charge in [0.1, 0.15) is 0 Å². The summed E-state index contributed by atoms with van der Waals surface area (Å²) in [6.07, 6.45) is 1.52. The van der Waals surface area contributed by atoms with Crippen molar-refractivity contribution in [2.24, 2.45) is 0 Å². The molecule has 22 heavy (non-hydrogen) atoms. The highest BCUT2D eigenvalue weighted by Gasteiger charge is 2.28. The van der Waals surface area contributed by atoms with Gasteiger partial charge in [-0.25, -0.2) is 12.7 Å². The molecule has 0 aromatic heterocycles. The molecule has 1 saturated heterocycles. The number of ether oxygens (including phenoxy) is 1. The Morgan fingerprint density at radius 3 is 2.59 bits per heavy atom. The van der Waals surface area contributed by atoms with Crippen LogP contribution in [0.4, 0.5) is 0 Å². The van der Waals surface area contributed by atoms with Crippen LogP contribution in [0.5, 0.6) is 0 Å². The van der Waals surface area contributed by atoms with Gasteiger partial charge in [-0.15, -0.1) is 0 Å². The van der Waals surface area contributed by atoms with Gasteiger partial charge in [0.05, 0.1) is 18.5 Å². The summed E-state index contributed by atoms with van der Waals surface area (Å²) in [5.41, 5.74) is 2.39. The van der Waals surface area contributed by atoms with Crippen LogP contribution in [-0.2, 0) is 21.4 Å². The maximum absolute atomic E-state index is 12.1. The van der Waals surface area contributed by atoms with E-state index in [1.54, 1.807) is 0 Å². The molecule has 4 nitrogen and oxygen atoms in total. The van der Waals surface area contributed by atoms with E-state index in [1.165, 1.54) is 15.4 Å². The first-order valence-electron chi connectivity index (χ1n) is 7.35. The van der Waals surface area contributed by atoms with Crippen molar-refractivity contribution in [2.75, 3.05) is 18.8 Å². The van der Waals surface area contributed by atoms with E-state index in [4.69, 9.17) is 16.3 Å². The summed E-state index contributed by atoms with van der Waals surface area (Å²) in [5.74, 6) is -0.191. The van der Waals surface area contributed by atoms with Gasteiger partial charge in [-0.1, -0.05) is 42.4 Å². The van der Waals surface area contributed by atoms with Gasteiger partial charge in [-0.2, -0.15) is 0 Å². The lowest BCUT2D eigenvalue weighted by Gasteiger charge is -2.31. The van der Waals surface area contributed by atoms with Crippen LogP contribution in [-0.4, -0.2) is 37.7 Å². The molecular formula is C16H22ClNO3S. The molecule has 0 unspecified atom stereocenters. The molecule has 0 atom stereocenters. The maximum Gasteiger partial charge on any atom is 0.219 e. The maximum atomic E-state index is 12.1. The van der Waals surface area contributed by atoms with Gasteiger partial charge in [-0.3, -0.25) is 0 Å². The average Bonchev–Trinajstić information content (AvgIpc) is 2.45. The fraction of sp³-hybridized carbons (Fsp3) is 0.500. The van der Waals surface area contributed by atoms with Crippen molar-refractivity contribution in [2.45, 2.75) is 32.5 Å². The predicted octanol–water partition coefficient (Wildman–Crippen LogP) is 3.06. The second kappa shape index (κ2) is 7.59. The van der Waals surface area contributed by atoms with Crippen molar-refractivity contribution in [3.8, 4) is 0 Å². The molecule has 6 heteroatoms. The van der Waals surface area contributed by atoms with Gasteiger partial charge >= 0.3 is 0 Å². The highest BCUT2D eigenvalue weighted by molar-refractivity contribution is 7.89. The van der Waals surface area contributed by atoms with Crippen LogP contribution in [0.2, 0.25) is 0 Å². The minimum atomic E-state index is -3.33. The third-order valence-corrected chi connectivity index (χ3v) is 6.03. The van der Waals surface area contributed by atoms with Gasteiger partial charge in [0.15, 0.2) is 0 Å². The van der Waals surface area contributed by atoms with E-state index in [0.29, 0.717) is 32.5 Å². The highest BCUT2D eigenvalue weighted by atomic mass is 35.5. The van der Waals surface area contributed by atoms with E-state index in [9.17, 15) is 8.42 Å². The lowest BCUT2D eigenvalue weighted by atomic mass is 10.1. The molecule has 1 fully saturated rings. The lowest BCUT2D eigenvalue weighted by molar-refractivity contribution is 0.0100. The fourth-order valence-corrected chi connectivity index (χ4v) is 4.31. The molecule has 0 aliphatic carbocycles. The first-order chi connectivity index (χ1) is 10.4. The zero-order chi connectivity index (χ0) is 16.2. The summed E-state index contributed by atoms with van der Waals surface area (Å²) >= 11 is 5.62. The monoisotopic (exact) mass is 343 g/mol. The van der Waals surface area contributed by atoms with Crippen molar-refractivity contribution in [1.29, 1.82) is 0 Å². The van der Waals surface area contributed by atoms with Crippen LogP contribution < -0.4 is 0 Å². The van der Waals surface area contributed by atoms with Crippen LogP contribution in [0.1, 0.15) is 24.0 Å². The Morgan fingerprint density at radius 1 is 1.36 bits per heavy atom. The number of hydrogen-bond acceptors (Lipinski definition) is 3. The molecule has 0 amide bonds. The molecule has 0 spiro atoms. The van der Waals surface area contributed by atoms with Gasteiger partial charge in [0.2, 0.25) is 10.0 Å². The normalized spacial score (nSPS) is 17.5. The third kappa shape index (κ3) is 4.81. The van der Waals surface area contributed by atoms with E-state index >= 15 is 0 Å². The van der Waals surface area contributed by atoms with E-state index < -0.39 is 10.0 Å². The quantitative estimate of drug-likeness (QED) is 0.797. The van der Waals surface area contributed by atoms with Gasteiger partial charge in [-0.05, 0) is 30.9 Å². The molecular weight excluding hydrogens is 322 g/mol. The van der Waals surface area contributed by atoms with Crippen LogP contribution in [0, 0.1) is 6.92 Å². The Balaban J connectivity index is 1.83. The van der Waals surface area contributed by atoms with Crippen LogP contribution in [0.3, 0.4) is 0 Å². The largest absolute Gasteiger partial charge is 0.373 e. The standard InChI is InChI=1S/C16H22ClNO3S/c1-13-5-3-4-6-15(13)11-21-16-7-9-18(10-8-16)22(19,20)12-14(2)17/h3-6,16H,2,7-12H2,1H3.